The molecule has 1 aromatic carbocycles. The highest BCUT2D eigenvalue weighted by Crippen LogP contribution is 2.29. The summed E-state index contributed by atoms with van der Waals surface area (Å²) in [5, 5.41) is 12.7. The summed E-state index contributed by atoms with van der Waals surface area (Å²) in [6.07, 6.45) is 7.22. The number of para-hydroxylation sites is 1. The number of carbonyl (C=O) groups is 1. The molecule has 2 rings (SSSR count). The number of nitrogens with zero attached hydrogens (tertiary/aromatic N) is 2. The molecule has 0 bridgehead atoms. The van der Waals surface area contributed by atoms with Crippen molar-refractivity contribution in [1.82, 2.24) is 14.9 Å². The Morgan fingerprint density at radius 3 is 3.00 bits per heavy atom. The fourth-order valence-corrected chi connectivity index (χ4v) is 2.01. The van der Waals surface area contributed by atoms with Crippen LogP contribution in [0.5, 0.6) is 11.5 Å². The van der Waals surface area contributed by atoms with Gasteiger partial charge in [-0.25, -0.2) is 4.98 Å². The zero-order valence-corrected chi connectivity index (χ0v) is 12.0. The van der Waals surface area contributed by atoms with E-state index in [1.807, 2.05) is 10.8 Å². The molecular formula is C15H19N3O3. The Kier molecular flexibility index (Phi) is 5.20. The number of amides is 1. The third-order valence-electron chi connectivity index (χ3n) is 3.15. The quantitative estimate of drug-likeness (QED) is 0.762. The van der Waals surface area contributed by atoms with Crippen LogP contribution in [-0.2, 0) is 6.54 Å². The third-order valence-corrected chi connectivity index (χ3v) is 3.15. The number of ether oxygens (including phenoxy) is 1. The molecule has 0 aliphatic rings. The number of aromatic nitrogens is 2. The van der Waals surface area contributed by atoms with Crippen LogP contribution < -0.4 is 10.1 Å². The number of phenolic OH excluding ortho intramolecular Hbond substituents is 1. The van der Waals surface area contributed by atoms with E-state index in [2.05, 4.69) is 10.3 Å². The van der Waals surface area contributed by atoms with Gasteiger partial charge >= 0.3 is 0 Å². The molecule has 0 radical (unpaired) electrons. The molecule has 0 spiro atoms. The summed E-state index contributed by atoms with van der Waals surface area (Å²) in [6.45, 7) is 1.43. The standard InChI is InChI=1S/C15H19N3O3/c1-21-13-6-4-5-12(14(13)19)15(20)17-7-2-3-9-18-10-8-16-11-18/h4-6,8,10-11,19H,2-3,7,9H2,1H3,(H,17,20). The van der Waals surface area contributed by atoms with Crippen LogP contribution in [0.1, 0.15) is 23.2 Å². The van der Waals surface area contributed by atoms with Crippen LogP contribution in [0.15, 0.2) is 36.9 Å². The summed E-state index contributed by atoms with van der Waals surface area (Å²) < 4.78 is 6.98. The number of aryl methyl sites for hydroxylation is 1. The lowest BCUT2D eigenvalue weighted by Crippen LogP contribution is -2.24. The normalized spacial score (nSPS) is 10.3. The maximum Gasteiger partial charge on any atom is 0.255 e. The molecule has 2 aromatic rings. The molecule has 1 aromatic heterocycles. The molecule has 0 aliphatic heterocycles. The lowest BCUT2D eigenvalue weighted by molar-refractivity contribution is 0.0949. The second-order valence-corrected chi connectivity index (χ2v) is 4.62. The number of benzene rings is 1. The molecule has 1 heterocycles. The third kappa shape index (κ3) is 3.98. The average molecular weight is 289 g/mol. The molecule has 0 saturated carbocycles. The Morgan fingerprint density at radius 1 is 1.43 bits per heavy atom. The van der Waals surface area contributed by atoms with Gasteiger partial charge in [0.25, 0.3) is 5.91 Å². The van der Waals surface area contributed by atoms with Gasteiger partial charge in [0, 0.05) is 25.5 Å². The van der Waals surface area contributed by atoms with Gasteiger partial charge in [0.1, 0.15) is 0 Å². The topological polar surface area (TPSA) is 76.4 Å². The van der Waals surface area contributed by atoms with Gasteiger partial charge < -0.3 is 19.7 Å². The van der Waals surface area contributed by atoms with Crippen LogP contribution in [0.25, 0.3) is 0 Å². The summed E-state index contributed by atoms with van der Waals surface area (Å²) in [7, 11) is 1.45. The van der Waals surface area contributed by atoms with Gasteiger partial charge in [-0.05, 0) is 25.0 Å². The molecule has 0 saturated heterocycles. The van der Waals surface area contributed by atoms with Gasteiger partial charge in [-0.15, -0.1) is 0 Å². The summed E-state index contributed by atoms with van der Waals surface area (Å²) in [5.41, 5.74) is 0.226. The van der Waals surface area contributed by atoms with Crippen LogP contribution in [0.3, 0.4) is 0 Å². The van der Waals surface area contributed by atoms with Gasteiger partial charge in [-0.2, -0.15) is 0 Å². The number of hydrogen-bond acceptors (Lipinski definition) is 4. The van der Waals surface area contributed by atoms with Gasteiger partial charge in [-0.1, -0.05) is 6.07 Å². The van der Waals surface area contributed by atoms with E-state index in [9.17, 15) is 9.90 Å². The number of phenols is 1. The molecule has 6 heteroatoms. The van der Waals surface area contributed by atoms with Crippen molar-refractivity contribution in [1.29, 1.82) is 0 Å². The minimum absolute atomic E-state index is 0.129. The second kappa shape index (κ2) is 7.33. The van der Waals surface area contributed by atoms with Crippen LogP contribution in [0.2, 0.25) is 0 Å². The van der Waals surface area contributed by atoms with Crippen molar-refractivity contribution in [2.45, 2.75) is 19.4 Å². The Hall–Kier alpha value is -2.50. The number of aromatic hydroxyl groups is 1. The number of nitrogens with one attached hydrogen (secondary N) is 1. The maximum absolute atomic E-state index is 12.0. The molecule has 0 fully saturated rings. The second-order valence-electron chi connectivity index (χ2n) is 4.62. The first-order valence-electron chi connectivity index (χ1n) is 6.82. The van der Waals surface area contributed by atoms with E-state index in [4.69, 9.17) is 4.74 Å². The van der Waals surface area contributed by atoms with E-state index in [1.54, 1.807) is 30.7 Å². The molecule has 2 N–H and O–H groups in total. The zero-order chi connectivity index (χ0) is 15.1. The predicted molar refractivity (Wildman–Crippen MR) is 78.5 cm³/mol. The molecule has 21 heavy (non-hydrogen) atoms. The molecule has 0 aliphatic carbocycles. The van der Waals surface area contributed by atoms with Gasteiger partial charge in [0.15, 0.2) is 11.5 Å². The van der Waals surface area contributed by atoms with Crippen molar-refractivity contribution >= 4 is 5.91 Å². The molecule has 0 atom stereocenters. The molecule has 0 unspecified atom stereocenters. The van der Waals surface area contributed by atoms with Crippen molar-refractivity contribution in [3.63, 3.8) is 0 Å². The number of imidazole rings is 1. The molecular weight excluding hydrogens is 270 g/mol. The van der Waals surface area contributed by atoms with Crippen molar-refractivity contribution in [3.05, 3.63) is 42.5 Å². The SMILES string of the molecule is COc1cccc(C(=O)NCCCCn2ccnc2)c1O. The van der Waals surface area contributed by atoms with Crippen LogP contribution >= 0.6 is 0 Å². The fraction of sp³-hybridized carbons (Fsp3) is 0.333. The van der Waals surface area contributed by atoms with Crippen LogP contribution in [-0.4, -0.2) is 34.2 Å². The number of unbranched alkanes of at least 4 members (excludes halogenated alkanes) is 1. The lowest BCUT2D eigenvalue weighted by Gasteiger charge is -2.09. The first kappa shape index (κ1) is 14.9. The number of carbonyl (C=O) groups excluding carboxylic acids is 1. The highest BCUT2D eigenvalue weighted by atomic mass is 16.5. The van der Waals surface area contributed by atoms with Crippen molar-refractivity contribution < 1.29 is 14.6 Å². The highest BCUT2D eigenvalue weighted by Gasteiger charge is 2.13. The van der Waals surface area contributed by atoms with Gasteiger partial charge in [0.2, 0.25) is 0 Å². The smallest absolute Gasteiger partial charge is 0.255 e. The van der Waals surface area contributed by atoms with Crippen molar-refractivity contribution in [2.75, 3.05) is 13.7 Å². The Bertz CT molecular complexity index is 582. The Balaban J connectivity index is 1.77. The lowest BCUT2D eigenvalue weighted by atomic mass is 10.1. The van der Waals surface area contributed by atoms with E-state index in [-0.39, 0.29) is 17.2 Å². The summed E-state index contributed by atoms with van der Waals surface area (Å²) >= 11 is 0. The van der Waals surface area contributed by atoms with Crippen LogP contribution in [0.4, 0.5) is 0 Å². The molecule has 6 nitrogen and oxygen atoms in total. The van der Waals surface area contributed by atoms with E-state index < -0.39 is 0 Å². The van der Waals surface area contributed by atoms with Crippen molar-refractivity contribution in [2.24, 2.45) is 0 Å². The largest absolute Gasteiger partial charge is 0.504 e. The zero-order valence-electron chi connectivity index (χ0n) is 12.0. The molecule has 112 valence electrons. The fourth-order valence-electron chi connectivity index (χ4n) is 2.01. The first-order valence-corrected chi connectivity index (χ1v) is 6.82. The predicted octanol–water partition coefficient (Wildman–Crippen LogP) is 1.81. The van der Waals surface area contributed by atoms with Gasteiger partial charge in [-0.3, -0.25) is 4.79 Å². The summed E-state index contributed by atoms with van der Waals surface area (Å²) in [6, 6.07) is 4.85. The van der Waals surface area contributed by atoms with Crippen LogP contribution in [0, 0.1) is 0 Å². The summed E-state index contributed by atoms with van der Waals surface area (Å²) in [4.78, 5) is 16.0. The molecule has 1 amide bonds. The number of methoxy groups -OCH3 is 1. The maximum atomic E-state index is 12.0. The minimum atomic E-state index is -0.297. The Morgan fingerprint density at radius 2 is 2.29 bits per heavy atom. The average Bonchev–Trinajstić information content (AvgIpc) is 3.00. The summed E-state index contributed by atoms with van der Waals surface area (Å²) in [5.74, 6) is -0.132. The van der Waals surface area contributed by atoms with E-state index in [0.29, 0.717) is 12.3 Å². The number of hydrogen-bond donors (Lipinski definition) is 2. The first-order chi connectivity index (χ1) is 10.2. The van der Waals surface area contributed by atoms with E-state index in [1.165, 1.54) is 7.11 Å². The monoisotopic (exact) mass is 289 g/mol. The van der Waals surface area contributed by atoms with Crippen molar-refractivity contribution in [3.8, 4) is 11.5 Å². The van der Waals surface area contributed by atoms with Gasteiger partial charge in [0.05, 0.1) is 19.0 Å². The van der Waals surface area contributed by atoms with E-state index in [0.717, 1.165) is 19.4 Å². The Labute approximate surface area is 123 Å². The number of rotatable bonds is 7. The highest BCUT2D eigenvalue weighted by molar-refractivity contribution is 5.97. The van der Waals surface area contributed by atoms with E-state index >= 15 is 0 Å². The minimum Gasteiger partial charge on any atom is -0.504 e.